The quantitative estimate of drug-likeness (QED) is 0.876. The highest BCUT2D eigenvalue weighted by molar-refractivity contribution is 6.30. The maximum atomic E-state index is 9.14. The summed E-state index contributed by atoms with van der Waals surface area (Å²) >= 11 is 5.78. The first-order chi connectivity index (χ1) is 7.95. The molecule has 1 rings (SSSR count). The van der Waals surface area contributed by atoms with Crippen LogP contribution in [-0.4, -0.2) is 18.2 Å². The second-order valence-corrected chi connectivity index (χ2v) is 4.92. The van der Waals surface area contributed by atoms with Crippen LogP contribution in [0.1, 0.15) is 20.8 Å². The van der Waals surface area contributed by atoms with Crippen LogP contribution >= 0.6 is 11.6 Å². The Balaban J connectivity index is 2.59. The molecule has 1 atom stereocenters. The Hall–Kier alpha value is -1.24. The summed E-state index contributed by atoms with van der Waals surface area (Å²) in [5.41, 5.74) is -0.687. The number of hydrogen-bond acceptors (Lipinski definition) is 3. The van der Waals surface area contributed by atoms with E-state index < -0.39 is 5.54 Å². The minimum Gasteiger partial charge on any atom is -0.491 e. The molecule has 0 bridgehead atoms. The Bertz CT molecular complexity index is 397. The highest BCUT2D eigenvalue weighted by Gasteiger charge is 2.25. The zero-order valence-electron chi connectivity index (χ0n) is 10.3. The number of ether oxygens (including phenoxy) is 1. The number of hydrogen-bond donors (Lipinski definition) is 1. The summed E-state index contributed by atoms with van der Waals surface area (Å²) in [5, 5.41) is 13.0. The van der Waals surface area contributed by atoms with Crippen molar-refractivity contribution in [3.63, 3.8) is 0 Å². The summed E-state index contributed by atoms with van der Waals surface area (Å²) in [6.07, 6.45) is 0. The number of nitrogens with zero attached hydrogens (tertiary/aromatic N) is 1. The lowest BCUT2D eigenvalue weighted by Gasteiger charge is -2.25. The minimum absolute atomic E-state index is 0.230. The van der Waals surface area contributed by atoms with Crippen molar-refractivity contribution in [2.24, 2.45) is 0 Å². The van der Waals surface area contributed by atoms with Gasteiger partial charge in [0.2, 0.25) is 0 Å². The minimum atomic E-state index is -0.687. The number of rotatable bonds is 5. The van der Waals surface area contributed by atoms with Gasteiger partial charge in [-0.3, -0.25) is 5.32 Å². The van der Waals surface area contributed by atoms with Crippen molar-refractivity contribution < 1.29 is 4.74 Å². The first-order valence-electron chi connectivity index (χ1n) is 5.52. The zero-order valence-corrected chi connectivity index (χ0v) is 11.1. The highest BCUT2D eigenvalue weighted by Crippen LogP contribution is 2.17. The first-order valence-corrected chi connectivity index (χ1v) is 5.90. The molecule has 4 heteroatoms. The Labute approximate surface area is 107 Å². The van der Waals surface area contributed by atoms with Crippen molar-refractivity contribution in [1.82, 2.24) is 5.32 Å². The summed E-state index contributed by atoms with van der Waals surface area (Å²) < 4.78 is 5.57. The van der Waals surface area contributed by atoms with E-state index in [0.29, 0.717) is 17.4 Å². The summed E-state index contributed by atoms with van der Waals surface area (Å²) in [7, 11) is 0. The number of nitriles is 1. The predicted octanol–water partition coefficient (Wildman–Crippen LogP) is 3.00. The molecule has 3 nitrogen and oxygen atoms in total. The average molecular weight is 253 g/mol. The molecule has 1 aromatic rings. The lowest BCUT2D eigenvalue weighted by molar-refractivity contribution is 0.225. The number of halogens is 1. The van der Waals surface area contributed by atoms with Gasteiger partial charge in [0, 0.05) is 11.1 Å². The fraction of sp³-hybridized carbons (Fsp3) is 0.462. The SMILES string of the molecule is CC(C)NC(C)(C#N)COc1ccc(Cl)cc1. The summed E-state index contributed by atoms with van der Waals surface area (Å²) in [6.45, 7) is 6.11. The van der Waals surface area contributed by atoms with Crippen LogP contribution in [0, 0.1) is 11.3 Å². The average Bonchev–Trinajstić information content (AvgIpc) is 2.27. The van der Waals surface area contributed by atoms with E-state index in [1.54, 1.807) is 24.3 Å². The third kappa shape index (κ3) is 4.64. The molecular formula is C13H17ClN2O. The van der Waals surface area contributed by atoms with Gasteiger partial charge in [0.15, 0.2) is 0 Å². The molecule has 1 unspecified atom stereocenters. The van der Waals surface area contributed by atoms with Crippen LogP contribution in [0.5, 0.6) is 5.75 Å². The Morgan fingerprint density at radius 3 is 2.47 bits per heavy atom. The van der Waals surface area contributed by atoms with E-state index in [4.69, 9.17) is 21.6 Å². The van der Waals surface area contributed by atoms with Gasteiger partial charge >= 0.3 is 0 Å². The summed E-state index contributed by atoms with van der Waals surface area (Å²) in [6, 6.07) is 9.55. The van der Waals surface area contributed by atoms with Crippen LogP contribution in [0.3, 0.4) is 0 Å². The normalized spacial score (nSPS) is 14.1. The van der Waals surface area contributed by atoms with E-state index in [1.165, 1.54) is 0 Å². The van der Waals surface area contributed by atoms with Gasteiger partial charge in [0.25, 0.3) is 0 Å². The maximum Gasteiger partial charge on any atom is 0.138 e. The molecule has 1 N–H and O–H groups in total. The van der Waals surface area contributed by atoms with Gasteiger partial charge in [-0.15, -0.1) is 0 Å². The Morgan fingerprint density at radius 1 is 1.41 bits per heavy atom. The molecule has 0 aromatic heterocycles. The standard InChI is InChI=1S/C13H17ClN2O/c1-10(2)16-13(3,8-15)9-17-12-6-4-11(14)5-7-12/h4-7,10,16H,9H2,1-3H3. The Kier molecular flexibility index (Phi) is 4.80. The van der Waals surface area contributed by atoms with Gasteiger partial charge in [-0.1, -0.05) is 11.6 Å². The predicted molar refractivity (Wildman–Crippen MR) is 69.2 cm³/mol. The molecule has 0 amide bonds. The van der Waals surface area contributed by atoms with Crippen molar-refractivity contribution in [2.75, 3.05) is 6.61 Å². The van der Waals surface area contributed by atoms with Gasteiger partial charge in [0.05, 0.1) is 6.07 Å². The zero-order chi connectivity index (χ0) is 12.9. The molecule has 17 heavy (non-hydrogen) atoms. The van der Waals surface area contributed by atoms with Gasteiger partial charge in [0.1, 0.15) is 17.9 Å². The van der Waals surface area contributed by atoms with E-state index in [1.807, 2.05) is 20.8 Å². The maximum absolute atomic E-state index is 9.14. The van der Waals surface area contributed by atoms with Gasteiger partial charge in [-0.2, -0.15) is 5.26 Å². The van der Waals surface area contributed by atoms with Gasteiger partial charge in [-0.25, -0.2) is 0 Å². The largest absolute Gasteiger partial charge is 0.491 e. The van der Waals surface area contributed by atoms with Crippen molar-refractivity contribution in [3.8, 4) is 11.8 Å². The Morgan fingerprint density at radius 2 is 2.00 bits per heavy atom. The van der Waals surface area contributed by atoms with Gasteiger partial charge in [-0.05, 0) is 45.0 Å². The molecule has 0 fully saturated rings. The topological polar surface area (TPSA) is 45.0 Å². The van der Waals surface area contributed by atoms with Crippen LogP contribution in [0.4, 0.5) is 0 Å². The first kappa shape index (κ1) is 13.8. The van der Waals surface area contributed by atoms with E-state index in [-0.39, 0.29) is 6.04 Å². The molecule has 0 saturated carbocycles. The van der Waals surface area contributed by atoms with Crippen molar-refractivity contribution in [2.45, 2.75) is 32.4 Å². The number of benzene rings is 1. The molecule has 0 heterocycles. The molecule has 1 aromatic carbocycles. The van der Waals surface area contributed by atoms with Crippen LogP contribution in [0.15, 0.2) is 24.3 Å². The number of nitrogens with one attached hydrogen (secondary N) is 1. The molecule has 0 radical (unpaired) electrons. The molecule has 0 aliphatic rings. The molecule has 0 spiro atoms. The third-order valence-corrected chi connectivity index (χ3v) is 2.45. The van der Waals surface area contributed by atoms with E-state index in [2.05, 4.69) is 11.4 Å². The third-order valence-electron chi connectivity index (χ3n) is 2.20. The summed E-state index contributed by atoms with van der Waals surface area (Å²) in [5.74, 6) is 0.710. The lowest BCUT2D eigenvalue weighted by Crippen LogP contribution is -2.49. The fourth-order valence-electron chi connectivity index (χ4n) is 1.50. The van der Waals surface area contributed by atoms with Crippen molar-refractivity contribution in [1.29, 1.82) is 5.26 Å². The fourth-order valence-corrected chi connectivity index (χ4v) is 1.63. The smallest absolute Gasteiger partial charge is 0.138 e. The van der Waals surface area contributed by atoms with Crippen molar-refractivity contribution >= 4 is 11.6 Å². The second-order valence-electron chi connectivity index (χ2n) is 4.49. The molecule has 0 aliphatic carbocycles. The molecular weight excluding hydrogens is 236 g/mol. The van der Waals surface area contributed by atoms with Crippen LogP contribution < -0.4 is 10.1 Å². The van der Waals surface area contributed by atoms with Crippen LogP contribution in [0.25, 0.3) is 0 Å². The molecule has 0 aliphatic heterocycles. The van der Waals surface area contributed by atoms with Crippen LogP contribution in [-0.2, 0) is 0 Å². The van der Waals surface area contributed by atoms with Gasteiger partial charge < -0.3 is 4.74 Å². The van der Waals surface area contributed by atoms with Crippen molar-refractivity contribution in [3.05, 3.63) is 29.3 Å². The second kappa shape index (κ2) is 5.90. The monoisotopic (exact) mass is 252 g/mol. The van der Waals surface area contributed by atoms with E-state index in [9.17, 15) is 0 Å². The molecule has 0 saturated heterocycles. The van der Waals surface area contributed by atoms with Crippen LogP contribution in [0.2, 0.25) is 5.02 Å². The van der Waals surface area contributed by atoms with E-state index in [0.717, 1.165) is 0 Å². The lowest BCUT2D eigenvalue weighted by atomic mass is 10.1. The highest BCUT2D eigenvalue weighted by atomic mass is 35.5. The van der Waals surface area contributed by atoms with E-state index >= 15 is 0 Å². The molecule has 92 valence electrons. The summed E-state index contributed by atoms with van der Waals surface area (Å²) in [4.78, 5) is 0.